The number of rotatable bonds is 10. The van der Waals surface area contributed by atoms with E-state index < -0.39 is 8.07 Å². The van der Waals surface area contributed by atoms with E-state index in [1.807, 2.05) is 6.92 Å². The Balaban J connectivity index is 4.52. The smallest absolute Gasteiger partial charge is 0.132 e. The molecule has 0 spiro atoms. The zero-order chi connectivity index (χ0) is 12.4. The highest BCUT2D eigenvalue weighted by Crippen LogP contribution is 2.29. The molecule has 0 aromatic heterocycles. The number of carbonyl (C=O) groups is 1. The first-order valence-electron chi connectivity index (χ1n) is 7.14. The van der Waals surface area contributed by atoms with E-state index in [4.69, 9.17) is 0 Å². The first kappa shape index (κ1) is 15.9. The van der Waals surface area contributed by atoms with Crippen LogP contribution in [0, 0.1) is 0 Å². The minimum Gasteiger partial charge on any atom is -0.306 e. The topological polar surface area (TPSA) is 17.1 Å². The summed E-state index contributed by atoms with van der Waals surface area (Å²) in [6.45, 7) is 8.57. The molecule has 0 heterocycles. The van der Waals surface area contributed by atoms with Crippen LogP contribution in [0.25, 0.3) is 0 Å². The molecule has 0 aliphatic rings. The quantitative estimate of drug-likeness (QED) is 0.495. The first-order chi connectivity index (χ1) is 7.63. The van der Waals surface area contributed by atoms with Gasteiger partial charge in [0.15, 0.2) is 0 Å². The molecule has 0 aromatic carbocycles. The second-order valence-corrected chi connectivity index (χ2v) is 9.91. The Kier molecular flexibility index (Phi) is 8.91. The monoisotopic (exact) mass is 242 g/mol. The van der Waals surface area contributed by atoms with Crippen molar-refractivity contribution < 1.29 is 4.79 Å². The fourth-order valence-electron chi connectivity index (χ4n) is 2.45. The van der Waals surface area contributed by atoms with Crippen LogP contribution in [-0.4, -0.2) is 13.5 Å². The Morgan fingerprint density at radius 1 is 0.812 bits per heavy atom. The van der Waals surface area contributed by atoms with Crippen molar-refractivity contribution in [1.29, 1.82) is 0 Å². The van der Waals surface area contributed by atoms with Gasteiger partial charge in [-0.15, -0.1) is 0 Å². The third-order valence-electron chi connectivity index (χ3n) is 3.77. The van der Waals surface area contributed by atoms with Crippen LogP contribution in [0.3, 0.4) is 0 Å². The Morgan fingerprint density at radius 2 is 1.12 bits per heavy atom. The maximum absolute atomic E-state index is 12.0. The van der Waals surface area contributed by atoms with E-state index in [0.29, 0.717) is 5.41 Å². The summed E-state index contributed by atoms with van der Waals surface area (Å²) in [4.78, 5) is 12.0. The van der Waals surface area contributed by atoms with Gasteiger partial charge in [0.2, 0.25) is 0 Å². The normalized spacial score (nSPS) is 11.8. The van der Waals surface area contributed by atoms with Gasteiger partial charge >= 0.3 is 0 Å². The van der Waals surface area contributed by atoms with Gasteiger partial charge in [0.1, 0.15) is 13.5 Å². The fourth-order valence-corrected chi connectivity index (χ4v) is 7.35. The Morgan fingerprint density at radius 3 is 1.31 bits per heavy atom. The van der Waals surface area contributed by atoms with Crippen LogP contribution < -0.4 is 0 Å². The highest BCUT2D eigenvalue weighted by atomic mass is 28.3. The fraction of sp³-hybridized carbons (Fsp3) is 0.929. The van der Waals surface area contributed by atoms with Crippen molar-refractivity contribution in [2.24, 2.45) is 0 Å². The lowest BCUT2D eigenvalue weighted by Gasteiger charge is -2.29. The van der Waals surface area contributed by atoms with E-state index in [1.165, 1.54) is 56.7 Å². The van der Waals surface area contributed by atoms with Gasteiger partial charge in [-0.05, 0) is 6.92 Å². The van der Waals surface area contributed by atoms with E-state index in [2.05, 4.69) is 20.8 Å². The lowest BCUT2D eigenvalue weighted by Crippen LogP contribution is -2.42. The standard InChI is InChI=1S/C14H30OSi/c1-5-8-11-16(14(4)15,12-9-6-2)13-10-7-3/h5-13H2,1-4H3. The predicted molar refractivity (Wildman–Crippen MR) is 75.6 cm³/mol. The average Bonchev–Trinajstić information content (AvgIpc) is 2.28. The zero-order valence-electron chi connectivity index (χ0n) is 11.8. The van der Waals surface area contributed by atoms with Crippen molar-refractivity contribution in [2.45, 2.75) is 84.4 Å². The van der Waals surface area contributed by atoms with Gasteiger partial charge in [-0.1, -0.05) is 77.4 Å². The molecule has 0 rings (SSSR count). The molecular weight excluding hydrogens is 212 g/mol. The summed E-state index contributed by atoms with van der Waals surface area (Å²) in [6, 6.07) is 3.75. The van der Waals surface area contributed by atoms with Gasteiger partial charge in [0, 0.05) is 0 Å². The molecule has 0 radical (unpaired) electrons. The van der Waals surface area contributed by atoms with Gasteiger partial charge in [-0.2, -0.15) is 0 Å². The molecular formula is C14H30OSi. The lowest BCUT2D eigenvalue weighted by atomic mass is 10.4. The summed E-state index contributed by atoms with van der Waals surface area (Å²) in [7, 11) is -1.57. The number of hydrogen-bond acceptors (Lipinski definition) is 1. The van der Waals surface area contributed by atoms with Crippen molar-refractivity contribution in [3.63, 3.8) is 0 Å². The first-order valence-corrected chi connectivity index (χ1v) is 9.76. The Hall–Kier alpha value is -0.113. The SMILES string of the molecule is CCCC[Si](CCCC)(CCCC)C(C)=O. The van der Waals surface area contributed by atoms with Crippen LogP contribution in [0.5, 0.6) is 0 Å². The molecule has 0 unspecified atom stereocenters. The summed E-state index contributed by atoms with van der Waals surface area (Å²) >= 11 is 0. The molecule has 0 saturated heterocycles. The van der Waals surface area contributed by atoms with Crippen LogP contribution in [0.4, 0.5) is 0 Å². The molecule has 0 amide bonds. The van der Waals surface area contributed by atoms with E-state index in [1.54, 1.807) is 0 Å². The van der Waals surface area contributed by atoms with Gasteiger partial charge in [-0.3, -0.25) is 0 Å². The van der Waals surface area contributed by atoms with Crippen molar-refractivity contribution in [1.82, 2.24) is 0 Å². The maximum atomic E-state index is 12.0. The molecule has 16 heavy (non-hydrogen) atoms. The molecule has 0 fully saturated rings. The number of unbranched alkanes of at least 4 members (excludes halogenated alkanes) is 3. The minimum absolute atomic E-state index is 0.572. The molecule has 0 atom stereocenters. The second kappa shape index (κ2) is 8.97. The van der Waals surface area contributed by atoms with Crippen molar-refractivity contribution in [3.05, 3.63) is 0 Å². The predicted octanol–water partition coefficient (Wildman–Crippen LogP) is 4.96. The number of hydrogen-bond donors (Lipinski definition) is 0. The molecule has 0 aliphatic carbocycles. The Bertz CT molecular complexity index is 167. The van der Waals surface area contributed by atoms with Gasteiger partial charge in [0.05, 0.1) is 0 Å². The largest absolute Gasteiger partial charge is 0.306 e. The zero-order valence-corrected chi connectivity index (χ0v) is 12.8. The summed E-state index contributed by atoms with van der Waals surface area (Å²) in [5.41, 5.74) is 0. The highest BCUT2D eigenvalue weighted by Gasteiger charge is 2.35. The van der Waals surface area contributed by atoms with Gasteiger partial charge in [-0.25, -0.2) is 0 Å². The van der Waals surface area contributed by atoms with E-state index in [0.717, 1.165) is 0 Å². The van der Waals surface area contributed by atoms with Crippen LogP contribution in [0.2, 0.25) is 18.1 Å². The molecule has 96 valence electrons. The van der Waals surface area contributed by atoms with Crippen LogP contribution in [0.15, 0.2) is 0 Å². The molecule has 0 bridgehead atoms. The van der Waals surface area contributed by atoms with Crippen molar-refractivity contribution in [2.75, 3.05) is 0 Å². The molecule has 2 heteroatoms. The third-order valence-corrected chi connectivity index (χ3v) is 9.20. The third kappa shape index (κ3) is 5.29. The molecule has 0 saturated carbocycles. The van der Waals surface area contributed by atoms with Crippen LogP contribution >= 0.6 is 0 Å². The van der Waals surface area contributed by atoms with Crippen LogP contribution in [0.1, 0.15) is 66.2 Å². The van der Waals surface area contributed by atoms with Gasteiger partial charge in [0.25, 0.3) is 0 Å². The summed E-state index contributed by atoms with van der Waals surface area (Å²) in [5, 5.41) is 0.572. The summed E-state index contributed by atoms with van der Waals surface area (Å²) in [6.07, 6.45) is 7.50. The van der Waals surface area contributed by atoms with Crippen molar-refractivity contribution in [3.8, 4) is 0 Å². The highest BCUT2D eigenvalue weighted by molar-refractivity contribution is 7.05. The lowest BCUT2D eigenvalue weighted by molar-refractivity contribution is -0.111. The van der Waals surface area contributed by atoms with E-state index >= 15 is 0 Å². The molecule has 0 aliphatic heterocycles. The summed E-state index contributed by atoms with van der Waals surface area (Å²) in [5.74, 6) is 0. The van der Waals surface area contributed by atoms with Gasteiger partial charge < -0.3 is 4.79 Å². The minimum atomic E-state index is -1.57. The molecule has 0 aromatic rings. The molecule has 0 N–H and O–H groups in total. The average molecular weight is 242 g/mol. The van der Waals surface area contributed by atoms with Crippen LogP contribution in [-0.2, 0) is 4.79 Å². The van der Waals surface area contributed by atoms with E-state index in [9.17, 15) is 4.79 Å². The molecule has 1 nitrogen and oxygen atoms in total. The second-order valence-electron chi connectivity index (χ2n) is 5.15. The van der Waals surface area contributed by atoms with E-state index in [-0.39, 0.29) is 0 Å². The Labute approximate surface area is 103 Å². The summed E-state index contributed by atoms with van der Waals surface area (Å²) < 4.78 is 0. The maximum Gasteiger partial charge on any atom is 0.132 e. The number of carbonyl (C=O) groups excluding carboxylic acids is 1. The van der Waals surface area contributed by atoms with Crippen molar-refractivity contribution >= 4 is 13.5 Å².